The van der Waals surface area contributed by atoms with E-state index in [9.17, 15) is 0 Å². The van der Waals surface area contributed by atoms with Gasteiger partial charge in [0.1, 0.15) is 0 Å². The second-order valence-corrected chi connectivity index (χ2v) is 4.06. The van der Waals surface area contributed by atoms with Gasteiger partial charge in [-0.25, -0.2) is 0 Å². The third-order valence-corrected chi connectivity index (χ3v) is 2.92. The van der Waals surface area contributed by atoms with E-state index in [2.05, 4.69) is 55.2 Å². The summed E-state index contributed by atoms with van der Waals surface area (Å²) in [5, 5.41) is 0. The molecule has 0 heterocycles. The Morgan fingerprint density at radius 1 is 1.18 bits per heavy atom. The zero-order valence-electron chi connectivity index (χ0n) is 11.0. The first-order valence-electron chi connectivity index (χ1n) is 6.54. The van der Waals surface area contributed by atoms with Crippen LogP contribution in [-0.2, 0) is 0 Å². The SMILES string of the molecule is CCN(CC)C(=CCCCN)c1ccccc1. The summed E-state index contributed by atoms with van der Waals surface area (Å²) in [5.74, 6) is 0. The number of unbranched alkanes of at least 4 members (excludes halogenated alkanes) is 1. The van der Waals surface area contributed by atoms with Crippen molar-refractivity contribution in [1.29, 1.82) is 0 Å². The predicted molar refractivity (Wildman–Crippen MR) is 75.6 cm³/mol. The fraction of sp³-hybridized carbons (Fsp3) is 0.467. The standard InChI is InChI=1S/C15H24N2/c1-3-17(4-2)15(12-8-9-13-16)14-10-6-5-7-11-14/h5-7,10-12H,3-4,8-9,13,16H2,1-2H3. The van der Waals surface area contributed by atoms with Gasteiger partial charge in [0.25, 0.3) is 0 Å². The minimum Gasteiger partial charge on any atom is -0.372 e. The first kappa shape index (κ1) is 13.8. The van der Waals surface area contributed by atoms with Crippen molar-refractivity contribution in [2.24, 2.45) is 5.73 Å². The molecule has 17 heavy (non-hydrogen) atoms. The maximum Gasteiger partial charge on any atom is 0.0399 e. The Hall–Kier alpha value is -1.28. The van der Waals surface area contributed by atoms with Crippen LogP contribution in [0.3, 0.4) is 0 Å². The molecular formula is C15H24N2. The Balaban J connectivity index is 2.89. The third-order valence-electron chi connectivity index (χ3n) is 2.92. The van der Waals surface area contributed by atoms with Crippen LogP contribution in [0.25, 0.3) is 5.70 Å². The highest BCUT2D eigenvalue weighted by Gasteiger charge is 2.07. The normalized spacial score (nSPS) is 11.6. The van der Waals surface area contributed by atoms with Crippen molar-refractivity contribution < 1.29 is 0 Å². The first-order valence-corrected chi connectivity index (χ1v) is 6.54. The Morgan fingerprint density at radius 2 is 1.82 bits per heavy atom. The lowest BCUT2D eigenvalue weighted by Crippen LogP contribution is -2.21. The van der Waals surface area contributed by atoms with Gasteiger partial charge in [-0.15, -0.1) is 0 Å². The Labute approximate surface area is 105 Å². The van der Waals surface area contributed by atoms with Gasteiger partial charge in [-0.1, -0.05) is 36.4 Å². The minimum absolute atomic E-state index is 0.761. The number of allylic oxidation sites excluding steroid dienone is 1. The fourth-order valence-electron chi connectivity index (χ4n) is 1.96. The highest BCUT2D eigenvalue weighted by Crippen LogP contribution is 2.19. The van der Waals surface area contributed by atoms with Gasteiger partial charge in [-0.3, -0.25) is 0 Å². The molecule has 0 saturated heterocycles. The molecule has 1 rings (SSSR count). The van der Waals surface area contributed by atoms with Gasteiger partial charge >= 0.3 is 0 Å². The summed E-state index contributed by atoms with van der Waals surface area (Å²) in [6.07, 6.45) is 4.42. The molecule has 1 aromatic rings. The first-order chi connectivity index (χ1) is 8.33. The fourth-order valence-corrected chi connectivity index (χ4v) is 1.96. The van der Waals surface area contributed by atoms with Crippen LogP contribution in [0.15, 0.2) is 36.4 Å². The van der Waals surface area contributed by atoms with E-state index < -0.39 is 0 Å². The molecule has 0 amide bonds. The number of rotatable bonds is 7. The second kappa shape index (κ2) is 7.91. The summed E-state index contributed by atoms with van der Waals surface area (Å²) in [7, 11) is 0. The molecule has 0 unspecified atom stereocenters. The van der Waals surface area contributed by atoms with Crippen LogP contribution in [0.2, 0.25) is 0 Å². The predicted octanol–water partition coefficient (Wildman–Crippen LogP) is 3.11. The number of hydrogen-bond donors (Lipinski definition) is 1. The second-order valence-electron chi connectivity index (χ2n) is 4.06. The van der Waals surface area contributed by atoms with E-state index in [0.29, 0.717) is 0 Å². The average Bonchev–Trinajstić information content (AvgIpc) is 2.39. The summed E-state index contributed by atoms with van der Waals surface area (Å²) in [6, 6.07) is 10.6. The van der Waals surface area contributed by atoms with E-state index >= 15 is 0 Å². The molecule has 0 aromatic heterocycles. The van der Waals surface area contributed by atoms with E-state index in [1.54, 1.807) is 0 Å². The summed E-state index contributed by atoms with van der Waals surface area (Å²) in [5.41, 5.74) is 8.19. The molecule has 1 aromatic carbocycles. The quantitative estimate of drug-likeness (QED) is 0.732. The van der Waals surface area contributed by atoms with Crippen molar-refractivity contribution in [3.05, 3.63) is 42.0 Å². The van der Waals surface area contributed by atoms with Gasteiger partial charge < -0.3 is 10.6 Å². The summed E-state index contributed by atoms with van der Waals surface area (Å²) in [4.78, 5) is 2.39. The molecule has 0 radical (unpaired) electrons. The molecule has 0 aliphatic rings. The maximum atomic E-state index is 5.55. The monoisotopic (exact) mass is 232 g/mol. The van der Waals surface area contributed by atoms with E-state index in [-0.39, 0.29) is 0 Å². The van der Waals surface area contributed by atoms with E-state index in [0.717, 1.165) is 32.5 Å². The van der Waals surface area contributed by atoms with Gasteiger partial charge in [-0.05, 0) is 38.8 Å². The zero-order valence-corrected chi connectivity index (χ0v) is 11.0. The molecule has 2 N–H and O–H groups in total. The van der Waals surface area contributed by atoms with Gasteiger partial charge in [0.2, 0.25) is 0 Å². The molecular weight excluding hydrogens is 208 g/mol. The highest BCUT2D eigenvalue weighted by atomic mass is 15.1. The van der Waals surface area contributed by atoms with Gasteiger partial charge in [0.05, 0.1) is 0 Å². The number of hydrogen-bond acceptors (Lipinski definition) is 2. The van der Waals surface area contributed by atoms with Crippen LogP contribution in [0.4, 0.5) is 0 Å². The highest BCUT2D eigenvalue weighted by molar-refractivity contribution is 5.63. The lowest BCUT2D eigenvalue weighted by atomic mass is 10.1. The van der Waals surface area contributed by atoms with Gasteiger partial charge in [0, 0.05) is 18.8 Å². The van der Waals surface area contributed by atoms with E-state index in [1.165, 1.54) is 11.3 Å². The van der Waals surface area contributed by atoms with Crippen molar-refractivity contribution in [2.45, 2.75) is 26.7 Å². The summed E-state index contributed by atoms with van der Waals surface area (Å²) in [6.45, 7) is 7.24. The van der Waals surface area contributed by atoms with E-state index in [1.807, 2.05) is 0 Å². The van der Waals surface area contributed by atoms with Crippen LogP contribution in [0, 0.1) is 0 Å². The number of benzene rings is 1. The van der Waals surface area contributed by atoms with Crippen LogP contribution in [0.5, 0.6) is 0 Å². The van der Waals surface area contributed by atoms with Crippen molar-refractivity contribution in [3.8, 4) is 0 Å². The van der Waals surface area contributed by atoms with Crippen LogP contribution < -0.4 is 5.73 Å². The molecule has 0 fully saturated rings. The molecule has 0 aliphatic carbocycles. The van der Waals surface area contributed by atoms with E-state index in [4.69, 9.17) is 5.73 Å². The Bertz CT molecular complexity index is 326. The maximum absolute atomic E-state index is 5.55. The number of nitrogens with zero attached hydrogens (tertiary/aromatic N) is 1. The summed E-state index contributed by atoms with van der Waals surface area (Å²) < 4.78 is 0. The van der Waals surface area contributed by atoms with Crippen LogP contribution >= 0.6 is 0 Å². The Kier molecular flexibility index (Phi) is 6.41. The average molecular weight is 232 g/mol. The Morgan fingerprint density at radius 3 is 2.35 bits per heavy atom. The molecule has 0 spiro atoms. The number of nitrogens with two attached hydrogens (primary N) is 1. The van der Waals surface area contributed by atoms with Crippen LogP contribution in [0.1, 0.15) is 32.3 Å². The minimum atomic E-state index is 0.761. The van der Waals surface area contributed by atoms with Crippen molar-refractivity contribution in [3.63, 3.8) is 0 Å². The zero-order chi connectivity index (χ0) is 12.5. The van der Waals surface area contributed by atoms with Gasteiger partial charge in [-0.2, -0.15) is 0 Å². The van der Waals surface area contributed by atoms with Crippen molar-refractivity contribution >= 4 is 5.70 Å². The van der Waals surface area contributed by atoms with Crippen molar-refractivity contribution in [1.82, 2.24) is 4.90 Å². The largest absolute Gasteiger partial charge is 0.372 e. The molecule has 2 nitrogen and oxygen atoms in total. The molecule has 0 bridgehead atoms. The lowest BCUT2D eigenvalue weighted by Gasteiger charge is -2.25. The molecule has 0 saturated carbocycles. The summed E-state index contributed by atoms with van der Waals surface area (Å²) >= 11 is 0. The molecule has 0 atom stereocenters. The molecule has 0 aliphatic heterocycles. The van der Waals surface area contributed by atoms with Crippen LogP contribution in [-0.4, -0.2) is 24.5 Å². The van der Waals surface area contributed by atoms with Crippen molar-refractivity contribution in [2.75, 3.05) is 19.6 Å². The van der Waals surface area contributed by atoms with Gasteiger partial charge in [0.15, 0.2) is 0 Å². The lowest BCUT2D eigenvalue weighted by molar-refractivity contribution is 0.440. The smallest absolute Gasteiger partial charge is 0.0399 e. The topological polar surface area (TPSA) is 29.3 Å². The molecule has 94 valence electrons. The third kappa shape index (κ3) is 4.23. The molecule has 2 heteroatoms.